The Hall–Kier alpha value is -2.79. The Labute approximate surface area is 156 Å². The maximum Gasteiger partial charge on any atom is 0.294 e. The van der Waals surface area contributed by atoms with Crippen molar-refractivity contribution >= 4 is 34.9 Å². The van der Waals surface area contributed by atoms with Crippen molar-refractivity contribution in [1.82, 2.24) is 9.80 Å². The van der Waals surface area contributed by atoms with Crippen molar-refractivity contribution in [2.75, 3.05) is 26.2 Å². The largest absolute Gasteiger partial charge is 0.478 e. The van der Waals surface area contributed by atoms with E-state index in [1.165, 1.54) is 0 Å². The van der Waals surface area contributed by atoms with Gasteiger partial charge in [0.15, 0.2) is 6.61 Å². The molecular weight excluding hydrogens is 354 g/mol. The van der Waals surface area contributed by atoms with Crippen LogP contribution in [0.2, 0.25) is 0 Å². The lowest BCUT2D eigenvalue weighted by Gasteiger charge is -2.21. The molecule has 0 N–H and O–H groups in total. The highest BCUT2D eigenvalue weighted by Gasteiger charge is 2.37. The van der Waals surface area contributed by atoms with E-state index in [1.807, 2.05) is 19.9 Å². The first-order valence-corrected chi connectivity index (χ1v) is 8.95. The average molecular weight is 373 g/mol. The number of hydrogen-bond donors (Lipinski definition) is 0. The maximum absolute atomic E-state index is 12.5. The number of carbonyl (C=O) groups is 3. The molecule has 1 aliphatic heterocycles. The van der Waals surface area contributed by atoms with E-state index in [2.05, 4.69) is 0 Å². The summed E-state index contributed by atoms with van der Waals surface area (Å²) in [5.41, 5.74) is 0.586. The lowest BCUT2D eigenvalue weighted by Crippen LogP contribution is -2.41. The Morgan fingerprint density at radius 1 is 1.31 bits per heavy atom. The standard InChI is InChI=1S/C18H19N3O4S/c1-3-20(4-2)16(22)12-21-17(23)15(26-18(21)24)11-13-7-5-6-8-14(13)25-10-9-19/h5-8,11H,3-4,10,12H2,1-2H3/b15-11-. The molecule has 1 fully saturated rings. The van der Waals surface area contributed by atoms with E-state index in [0.29, 0.717) is 24.4 Å². The monoisotopic (exact) mass is 373 g/mol. The highest BCUT2D eigenvalue weighted by atomic mass is 32.2. The van der Waals surface area contributed by atoms with Gasteiger partial charge in [-0.25, -0.2) is 0 Å². The highest BCUT2D eigenvalue weighted by Crippen LogP contribution is 2.33. The first-order valence-electron chi connectivity index (χ1n) is 8.13. The highest BCUT2D eigenvalue weighted by molar-refractivity contribution is 8.18. The molecule has 1 aromatic carbocycles. The maximum atomic E-state index is 12.5. The topological polar surface area (TPSA) is 90.7 Å². The molecule has 0 unspecified atom stereocenters. The van der Waals surface area contributed by atoms with Crippen molar-refractivity contribution in [3.8, 4) is 11.8 Å². The first kappa shape index (κ1) is 19.5. The van der Waals surface area contributed by atoms with Crippen LogP contribution in [-0.4, -0.2) is 53.1 Å². The average Bonchev–Trinajstić information content (AvgIpc) is 2.89. The number of likely N-dealkylation sites (N-methyl/N-ethyl adjacent to an activating group) is 1. The summed E-state index contributed by atoms with van der Waals surface area (Å²) in [5.74, 6) is -0.327. The zero-order valence-corrected chi connectivity index (χ0v) is 15.4. The van der Waals surface area contributed by atoms with Gasteiger partial charge < -0.3 is 9.64 Å². The van der Waals surface area contributed by atoms with E-state index in [4.69, 9.17) is 10.00 Å². The van der Waals surface area contributed by atoms with E-state index >= 15 is 0 Å². The van der Waals surface area contributed by atoms with Crippen molar-refractivity contribution in [1.29, 1.82) is 5.26 Å². The van der Waals surface area contributed by atoms with Gasteiger partial charge in [-0.15, -0.1) is 0 Å². The lowest BCUT2D eigenvalue weighted by atomic mass is 10.2. The molecule has 2 rings (SSSR count). The zero-order valence-electron chi connectivity index (χ0n) is 14.6. The minimum atomic E-state index is -0.504. The van der Waals surface area contributed by atoms with E-state index in [1.54, 1.807) is 35.2 Å². The summed E-state index contributed by atoms with van der Waals surface area (Å²) in [4.78, 5) is 39.6. The van der Waals surface area contributed by atoms with Crippen LogP contribution in [0.15, 0.2) is 29.2 Å². The van der Waals surface area contributed by atoms with Gasteiger partial charge in [0.1, 0.15) is 18.4 Å². The number of amides is 3. The Bertz CT molecular complexity index is 781. The fourth-order valence-corrected chi connectivity index (χ4v) is 3.26. The van der Waals surface area contributed by atoms with Crippen molar-refractivity contribution in [3.63, 3.8) is 0 Å². The molecule has 7 nitrogen and oxygen atoms in total. The van der Waals surface area contributed by atoms with Crippen molar-refractivity contribution in [2.24, 2.45) is 0 Å². The van der Waals surface area contributed by atoms with Gasteiger partial charge in [0, 0.05) is 18.7 Å². The van der Waals surface area contributed by atoms with Crippen molar-refractivity contribution < 1.29 is 19.1 Å². The van der Waals surface area contributed by atoms with E-state index in [0.717, 1.165) is 16.7 Å². The van der Waals surface area contributed by atoms with Crippen LogP contribution in [0.3, 0.4) is 0 Å². The van der Waals surface area contributed by atoms with Gasteiger partial charge in [-0.05, 0) is 37.8 Å². The molecule has 1 heterocycles. The normalized spacial score (nSPS) is 15.3. The first-order chi connectivity index (χ1) is 12.5. The molecule has 26 heavy (non-hydrogen) atoms. The predicted octanol–water partition coefficient (Wildman–Crippen LogP) is 2.49. The summed E-state index contributed by atoms with van der Waals surface area (Å²) in [6.07, 6.45) is 1.54. The Morgan fingerprint density at radius 3 is 2.65 bits per heavy atom. The summed E-state index contributed by atoms with van der Waals surface area (Å²) in [5, 5.41) is 8.17. The van der Waals surface area contributed by atoms with Gasteiger partial charge >= 0.3 is 0 Å². The van der Waals surface area contributed by atoms with Crippen LogP contribution in [0.5, 0.6) is 5.75 Å². The molecule has 8 heteroatoms. The van der Waals surface area contributed by atoms with Gasteiger partial charge in [0.2, 0.25) is 5.91 Å². The summed E-state index contributed by atoms with van der Waals surface area (Å²) in [7, 11) is 0. The molecule has 0 bridgehead atoms. The number of nitrogens with zero attached hydrogens (tertiary/aromatic N) is 3. The quantitative estimate of drug-likeness (QED) is 0.682. The smallest absolute Gasteiger partial charge is 0.294 e. The minimum absolute atomic E-state index is 0.120. The van der Waals surface area contributed by atoms with E-state index < -0.39 is 11.1 Å². The van der Waals surface area contributed by atoms with E-state index in [9.17, 15) is 14.4 Å². The number of hydrogen-bond acceptors (Lipinski definition) is 6. The number of thioether (sulfide) groups is 1. The molecular formula is C18H19N3O4S. The van der Waals surface area contributed by atoms with Crippen LogP contribution in [0.1, 0.15) is 19.4 Å². The van der Waals surface area contributed by atoms with Crippen LogP contribution in [0.25, 0.3) is 6.08 Å². The molecule has 0 aliphatic carbocycles. The Balaban J connectivity index is 2.20. The number of carbonyl (C=O) groups excluding carboxylic acids is 3. The molecule has 0 atom stereocenters. The summed E-state index contributed by atoms with van der Waals surface area (Å²) >= 11 is 0.785. The van der Waals surface area contributed by atoms with Crippen LogP contribution < -0.4 is 4.74 Å². The third-order valence-electron chi connectivity index (χ3n) is 3.78. The summed E-state index contributed by atoms with van der Waals surface area (Å²) in [6.45, 7) is 4.33. The van der Waals surface area contributed by atoms with Gasteiger partial charge in [0.05, 0.1) is 4.91 Å². The van der Waals surface area contributed by atoms with Gasteiger partial charge in [0.25, 0.3) is 11.1 Å². The van der Waals surface area contributed by atoms with Gasteiger partial charge in [-0.3, -0.25) is 19.3 Å². The molecule has 1 aromatic rings. The second kappa shape index (κ2) is 9.06. The van der Waals surface area contributed by atoms with Crippen LogP contribution in [0, 0.1) is 11.3 Å². The van der Waals surface area contributed by atoms with E-state index in [-0.39, 0.29) is 24.0 Å². The molecule has 0 saturated carbocycles. The third-order valence-corrected chi connectivity index (χ3v) is 4.69. The van der Waals surface area contributed by atoms with Crippen LogP contribution in [-0.2, 0) is 9.59 Å². The molecule has 0 aromatic heterocycles. The SMILES string of the molecule is CCN(CC)C(=O)CN1C(=O)S/C(=C\c2ccccc2OCC#N)C1=O. The van der Waals surface area contributed by atoms with Crippen LogP contribution in [0.4, 0.5) is 4.79 Å². The second-order valence-corrected chi connectivity index (χ2v) is 6.31. The molecule has 136 valence electrons. The number of rotatable bonds is 7. The van der Waals surface area contributed by atoms with Crippen molar-refractivity contribution in [3.05, 3.63) is 34.7 Å². The number of imide groups is 1. The minimum Gasteiger partial charge on any atom is -0.478 e. The Kier molecular flexibility index (Phi) is 6.81. The number of benzene rings is 1. The number of ether oxygens (including phenoxy) is 1. The molecule has 0 radical (unpaired) electrons. The summed E-state index contributed by atoms with van der Waals surface area (Å²) < 4.78 is 5.33. The zero-order chi connectivity index (χ0) is 19.1. The van der Waals surface area contributed by atoms with Crippen molar-refractivity contribution in [2.45, 2.75) is 13.8 Å². The molecule has 1 aliphatic rings. The predicted molar refractivity (Wildman–Crippen MR) is 98.2 cm³/mol. The van der Waals surface area contributed by atoms with Crippen LogP contribution >= 0.6 is 11.8 Å². The number of para-hydroxylation sites is 1. The molecule has 1 saturated heterocycles. The number of nitriles is 1. The summed E-state index contributed by atoms with van der Waals surface area (Å²) in [6, 6.07) is 8.80. The lowest BCUT2D eigenvalue weighted by molar-refractivity contribution is -0.135. The fourth-order valence-electron chi connectivity index (χ4n) is 2.43. The molecule has 3 amide bonds. The van der Waals surface area contributed by atoms with Gasteiger partial charge in [-0.2, -0.15) is 5.26 Å². The van der Waals surface area contributed by atoms with Gasteiger partial charge in [-0.1, -0.05) is 18.2 Å². The Morgan fingerprint density at radius 2 is 2.00 bits per heavy atom. The third kappa shape index (κ3) is 4.43. The second-order valence-electron chi connectivity index (χ2n) is 5.32. The molecule has 0 spiro atoms. The fraction of sp³-hybridized carbons (Fsp3) is 0.333.